The van der Waals surface area contributed by atoms with Crippen LogP contribution in [0.15, 0.2) is 66.7 Å². The van der Waals surface area contributed by atoms with E-state index in [-0.39, 0.29) is 17.6 Å². The molecule has 0 saturated carbocycles. The third-order valence-electron chi connectivity index (χ3n) is 6.00. The van der Waals surface area contributed by atoms with Crippen LogP contribution < -0.4 is 11.2 Å². The molecular weight excluding hydrogens is 390 g/mol. The SMILES string of the molecule is NCc1ccc(F)c(C2CCN(C(=O)c3cccc(-c4cccc([B]O)c4)c3)CC2)c1. The Labute approximate surface area is 182 Å². The molecule has 6 heteroatoms. The van der Waals surface area contributed by atoms with Crippen molar-refractivity contribution in [3.05, 3.63) is 89.2 Å². The largest absolute Gasteiger partial charge is 0.450 e. The molecule has 3 N–H and O–H groups in total. The van der Waals surface area contributed by atoms with E-state index >= 15 is 0 Å². The Hall–Kier alpha value is -2.96. The van der Waals surface area contributed by atoms with Crippen LogP contribution in [0.5, 0.6) is 0 Å². The van der Waals surface area contributed by atoms with Crippen molar-refractivity contribution in [2.45, 2.75) is 25.3 Å². The number of amides is 1. The number of nitrogens with zero attached hydrogens (tertiary/aromatic N) is 1. The number of halogens is 1. The molecule has 1 radical (unpaired) electrons. The van der Waals surface area contributed by atoms with Gasteiger partial charge in [0, 0.05) is 25.2 Å². The standard InChI is InChI=1S/C25H25BFN2O2/c27-24-8-7-17(16-28)13-23(24)18-9-11-29(12-10-18)25(30)21-5-1-3-19(14-21)20-4-2-6-22(15-20)26-31/h1-8,13-15,18,31H,9-12,16,28H2. The maximum atomic E-state index is 14.3. The van der Waals surface area contributed by atoms with Crippen LogP contribution in [-0.4, -0.2) is 36.4 Å². The van der Waals surface area contributed by atoms with Crippen molar-refractivity contribution in [3.63, 3.8) is 0 Å². The number of hydrogen-bond acceptors (Lipinski definition) is 3. The fourth-order valence-electron chi connectivity index (χ4n) is 4.24. The lowest BCUT2D eigenvalue weighted by molar-refractivity contribution is 0.0712. The lowest BCUT2D eigenvalue weighted by Crippen LogP contribution is -2.38. The van der Waals surface area contributed by atoms with Gasteiger partial charge in [0.05, 0.1) is 0 Å². The lowest BCUT2D eigenvalue weighted by Gasteiger charge is -2.32. The van der Waals surface area contributed by atoms with Crippen molar-refractivity contribution in [1.29, 1.82) is 0 Å². The van der Waals surface area contributed by atoms with Gasteiger partial charge in [-0.1, -0.05) is 54.0 Å². The highest BCUT2D eigenvalue weighted by atomic mass is 19.1. The third kappa shape index (κ3) is 4.71. The topological polar surface area (TPSA) is 66.6 Å². The van der Waals surface area contributed by atoms with Gasteiger partial charge in [0.15, 0.2) is 0 Å². The number of likely N-dealkylation sites (tertiary alicyclic amines) is 1. The van der Waals surface area contributed by atoms with Crippen LogP contribution in [0.4, 0.5) is 4.39 Å². The van der Waals surface area contributed by atoms with Crippen LogP contribution in [0, 0.1) is 5.82 Å². The minimum atomic E-state index is -0.197. The van der Waals surface area contributed by atoms with Crippen LogP contribution in [0.1, 0.15) is 40.2 Å². The Morgan fingerprint density at radius 2 is 1.74 bits per heavy atom. The quantitative estimate of drug-likeness (QED) is 0.629. The minimum absolute atomic E-state index is 0.0126. The molecule has 0 aromatic heterocycles. The molecule has 1 heterocycles. The first kappa shape index (κ1) is 21.3. The molecule has 157 valence electrons. The fourth-order valence-corrected chi connectivity index (χ4v) is 4.24. The zero-order valence-electron chi connectivity index (χ0n) is 17.3. The Balaban J connectivity index is 1.47. The Bertz CT molecular complexity index is 1080. The molecule has 1 aliphatic heterocycles. The first-order valence-corrected chi connectivity index (χ1v) is 10.5. The van der Waals surface area contributed by atoms with Gasteiger partial charge in [-0.3, -0.25) is 4.79 Å². The van der Waals surface area contributed by atoms with E-state index in [1.54, 1.807) is 6.07 Å². The highest BCUT2D eigenvalue weighted by Crippen LogP contribution is 2.31. The molecule has 0 unspecified atom stereocenters. The van der Waals surface area contributed by atoms with Gasteiger partial charge in [-0.25, -0.2) is 4.39 Å². The molecule has 1 saturated heterocycles. The van der Waals surface area contributed by atoms with Crippen molar-refractivity contribution in [2.75, 3.05) is 13.1 Å². The van der Waals surface area contributed by atoms with Gasteiger partial charge in [0.1, 0.15) is 5.82 Å². The summed E-state index contributed by atoms with van der Waals surface area (Å²) in [5, 5.41) is 9.26. The summed E-state index contributed by atoms with van der Waals surface area (Å²) < 4.78 is 14.3. The maximum absolute atomic E-state index is 14.3. The third-order valence-corrected chi connectivity index (χ3v) is 6.00. The summed E-state index contributed by atoms with van der Waals surface area (Å²) in [5.74, 6) is -0.113. The molecule has 1 fully saturated rings. The van der Waals surface area contributed by atoms with Crippen molar-refractivity contribution < 1.29 is 14.2 Å². The highest BCUT2D eigenvalue weighted by Gasteiger charge is 2.26. The molecular formula is C25H25BFN2O2. The molecule has 0 bridgehead atoms. The zero-order valence-corrected chi connectivity index (χ0v) is 17.3. The van der Waals surface area contributed by atoms with Gasteiger partial charge in [0.2, 0.25) is 0 Å². The van der Waals surface area contributed by atoms with Crippen LogP contribution >= 0.6 is 0 Å². The van der Waals surface area contributed by atoms with Crippen molar-refractivity contribution in [1.82, 2.24) is 4.90 Å². The molecule has 0 atom stereocenters. The number of carbonyl (C=O) groups is 1. The minimum Gasteiger partial charge on any atom is -0.450 e. The van der Waals surface area contributed by atoms with Gasteiger partial charge in [-0.2, -0.15) is 0 Å². The average molecular weight is 415 g/mol. The number of hydrogen-bond donors (Lipinski definition) is 2. The van der Waals surface area contributed by atoms with E-state index in [9.17, 15) is 14.2 Å². The van der Waals surface area contributed by atoms with Crippen molar-refractivity contribution in [2.24, 2.45) is 5.73 Å². The molecule has 4 rings (SSSR count). The number of carbonyl (C=O) groups excluding carboxylic acids is 1. The summed E-state index contributed by atoms with van der Waals surface area (Å²) in [4.78, 5) is 15.0. The van der Waals surface area contributed by atoms with Crippen LogP contribution in [0.3, 0.4) is 0 Å². The van der Waals surface area contributed by atoms with E-state index in [0.717, 1.165) is 37.0 Å². The van der Waals surface area contributed by atoms with E-state index in [2.05, 4.69) is 0 Å². The Morgan fingerprint density at radius 1 is 1.03 bits per heavy atom. The van der Waals surface area contributed by atoms with Gasteiger partial charge >= 0.3 is 7.48 Å². The van der Waals surface area contributed by atoms with Crippen LogP contribution in [-0.2, 0) is 6.54 Å². The molecule has 1 amide bonds. The first-order chi connectivity index (χ1) is 15.1. The summed E-state index contributed by atoms with van der Waals surface area (Å²) in [6, 6.07) is 20.1. The van der Waals surface area contributed by atoms with Crippen LogP contribution in [0.25, 0.3) is 11.1 Å². The molecule has 31 heavy (non-hydrogen) atoms. The second-order valence-electron chi connectivity index (χ2n) is 7.96. The summed E-state index contributed by atoms with van der Waals surface area (Å²) >= 11 is 0. The number of piperidine rings is 1. The van der Waals surface area contributed by atoms with Gasteiger partial charge in [0.25, 0.3) is 5.91 Å². The summed E-state index contributed by atoms with van der Waals surface area (Å²) in [7, 11) is 1.06. The van der Waals surface area contributed by atoms with Gasteiger partial charge in [-0.15, -0.1) is 0 Å². The van der Waals surface area contributed by atoms with Gasteiger partial charge in [-0.05, 0) is 59.2 Å². The van der Waals surface area contributed by atoms with Gasteiger partial charge < -0.3 is 15.7 Å². The molecule has 1 aliphatic rings. The second-order valence-corrected chi connectivity index (χ2v) is 7.96. The number of benzene rings is 3. The smallest absolute Gasteiger partial charge is 0.326 e. The lowest BCUT2D eigenvalue weighted by atomic mass is 9.86. The van der Waals surface area contributed by atoms with E-state index in [1.807, 2.05) is 59.5 Å². The molecule has 3 aromatic rings. The molecule has 3 aromatic carbocycles. The predicted octanol–water partition coefficient (Wildman–Crippen LogP) is 3.21. The van der Waals surface area contributed by atoms with E-state index in [1.165, 1.54) is 6.07 Å². The number of rotatable bonds is 5. The molecule has 0 spiro atoms. The van der Waals surface area contributed by atoms with E-state index < -0.39 is 0 Å². The normalized spacial score (nSPS) is 14.5. The zero-order chi connectivity index (χ0) is 21.8. The monoisotopic (exact) mass is 415 g/mol. The van der Waals surface area contributed by atoms with E-state index in [4.69, 9.17) is 5.73 Å². The summed E-state index contributed by atoms with van der Waals surface area (Å²) in [5.41, 5.74) is 10.5. The van der Waals surface area contributed by atoms with Crippen molar-refractivity contribution >= 4 is 18.9 Å². The average Bonchev–Trinajstić information content (AvgIpc) is 2.84. The van der Waals surface area contributed by atoms with Crippen molar-refractivity contribution in [3.8, 4) is 11.1 Å². The predicted molar refractivity (Wildman–Crippen MR) is 122 cm³/mol. The number of nitrogens with two attached hydrogens (primary N) is 1. The van der Waals surface area contributed by atoms with E-state index in [0.29, 0.717) is 36.2 Å². The first-order valence-electron chi connectivity index (χ1n) is 10.5. The fraction of sp³-hybridized carbons (Fsp3) is 0.240. The summed E-state index contributed by atoms with van der Waals surface area (Å²) in [6.45, 7) is 1.57. The Kier molecular flexibility index (Phi) is 6.49. The Morgan fingerprint density at radius 3 is 2.45 bits per heavy atom. The maximum Gasteiger partial charge on any atom is 0.326 e. The second kappa shape index (κ2) is 9.46. The highest BCUT2D eigenvalue weighted by molar-refractivity contribution is 6.45. The van der Waals surface area contributed by atoms with Crippen LogP contribution in [0.2, 0.25) is 0 Å². The summed E-state index contributed by atoms with van der Waals surface area (Å²) in [6.07, 6.45) is 1.45. The molecule has 0 aliphatic carbocycles. The molecule has 4 nitrogen and oxygen atoms in total.